The number of rotatable bonds is 9. The Morgan fingerprint density at radius 3 is 2.42 bits per heavy atom. The number of aryl methyl sites for hydroxylation is 1. The van der Waals surface area contributed by atoms with E-state index in [1.165, 1.54) is 6.92 Å². The van der Waals surface area contributed by atoms with Crippen molar-refractivity contribution < 1.29 is 19.1 Å². The SMILES string of the molecule is COc1cccc(CN(C(=O)c2cccc(C)c2)C2CCN(C(C)=O)[C@@H](C(=O)NCC3CCC(CN)CC3)C2)c1. The maximum atomic E-state index is 13.9. The maximum Gasteiger partial charge on any atom is 0.254 e. The van der Waals surface area contributed by atoms with Crippen LogP contribution < -0.4 is 15.8 Å². The van der Waals surface area contributed by atoms with Crippen LogP contribution in [0.1, 0.15) is 66.9 Å². The molecule has 0 spiro atoms. The van der Waals surface area contributed by atoms with Crippen LogP contribution in [0.15, 0.2) is 48.5 Å². The van der Waals surface area contributed by atoms with Gasteiger partial charge < -0.3 is 25.6 Å². The van der Waals surface area contributed by atoms with Crippen molar-refractivity contribution in [2.75, 3.05) is 26.7 Å². The van der Waals surface area contributed by atoms with Gasteiger partial charge in [0.05, 0.1) is 7.11 Å². The highest BCUT2D eigenvalue weighted by Gasteiger charge is 2.39. The molecule has 1 aliphatic carbocycles. The summed E-state index contributed by atoms with van der Waals surface area (Å²) in [6.45, 7) is 5.63. The number of hydrogen-bond acceptors (Lipinski definition) is 5. The van der Waals surface area contributed by atoms with Crippen LogP contribution in [0.5, 0.6) is 5.75 Å². The molecule has 4 rings (SSSR count). The van der Waals surface area contributed by atoms with Crippen LogP contribution in [0.2, 0.25) is 0 Å². The van der Waals surface area contributed by atoms with Crippen LogP contribution in [0.3, 0.4) is 0 Å². The number of ether oxygens (including phenoxy) is 1. The third-order valence-corrected chi connectivity index (χ3v) is 8.60. The van der Waals surface area contributed by atoms with E-state index in [9.17, 15) is 14.4 Å². The second kappa shape index (κ2) is 13.8. The first-order valence-corrected chi connectivity index (χ1v) is 14.5. The topological polar surface area (TPSA) is 105 Å². The van der Waals surface area contributed by atoms with Gasteiger partial charge >= 0.3 is 0 Å². The third-order valence-electron chi connectivity index (χ3n) is 8.60. The Kier molecular flexibility index (Phi) is 10.2. The Labute approximate surface area is 238 Å². The molecule has 2 fully saturated rings. The number of hydrogen-bond donors (Lipinski definition) is 2. The van der Waals surface area contributed by atoms with Crippen molar-refractivity contribution in [1.82, 2.24) is 15.1 Å². The van der Waals surface area contributed by atoms with Crippen LogP contribution in [0, 0.1) is 18.8 Å². The normalized spacial score (nSPS) is 22.9. The van der Waals surface area contributed by atoms with Crippen LogP contribution in [-0.2, 0) is 16.1 Å². The molecule has 0 radical (unpaired) electrons. The second-order valence-electron chi connectivity index (χ2n) is 11.4. The Bertz CT molecular complexity index is 1180. The molecule has 2 aromatic carbocycles. The third kappa shape index (κ3) is 7.42. The highest BCUT2D eigenvalue weighted by molar-refractivity contribution is 5.95. The summed E-state index contributed by atoms with van der Waals surface area (Å²) < 4.78 is 5.41. The molecule has 3 amide bonds. The van der Waals surface area contributed by atoms with E-state index in [0.29, 0.717) is 49.9 Å². The quantitative estimate of drug-likeness (QED) is 0.495. The van der Waals surface area contributed by atoms with Gasteiger partial charge in [0.1, 0.15) is 11.8 Å². The fourth-order valence-corrected chi connectivity index (χ4v) is 6.17. The molecule has 2 atom stereocenters. The van der Waals surface area contributed by atoms with Gasteiger partial charge in [-0.15, -0.1) is 0 Å². The van der Waals surface area contributed by atoms with Crippen molar-refractivity contribution in [3.8, 4) is 5.75 Å². The zero-order valence-electron chi connectivity index (χ0n) is 24.1. The minimum Gasteiger partial charge on any atom is -0.497 e. The number of carbonyl (C=O) groups excluding carboxylic acids is 3. The summed E-state index contributed by atoms with van der Waals surface area (Å²) in [5.41, 5.74) is 8.41. The zero-order chi connectivity index (χ0) is 28.6. The number of nitrogens with two attached hydrogens (primary N) is 1. The number of benzene rings is 2. The van der Waals surface area contributed by atoms with E-state index < -0.39 is 6.04 Å². The van der Waals surface area contributed by atoms with Crippen LogP contribution in [0.4, 0.5) is 0 Å². The van der Waals surface area contributed by atoms with Gasteiger partial charge in [-0.3, -0.25) is 14.4 Å². The minimum atomic E-state index is -0.616. The van der Waals surface area contributed by atoms with Gasteiger partial charge in [-0.1, -0.05) is 29.8 Å². The first-order valence-electron chi connectivity index (χ1n) is 14.5. The van der Waals surface area contributed by atoms with E-state index in [4.69, 9.17) is 10.5 Å². The Balaban J connectivity index is 1.53. The lowest BCUT2D eigenvalue weighted by Gasteiger charge is -2.43. The fourth-order valence-electron chi connectivity index (χ4n) is 6.17. The summed E-state index contributed by atoms with van der Waals surface area (Å²) in [6.07, 6.45) is 5.32. The van der Waals surface area contributed by atoms with Gasteiger partial charge in [-0.25, -0.2) is 0 Å². The standard InChI is InChI=1S/C32H44N4O4/c1-22-6-4-8-27(16-22)32(39)36(21-26-7-5-9-29(17-26)40-3)28-14-15-35(23(2)37)30(18-28)31(38)34-20-25-12-10-24(19-33)11-13-25/h4-9,16-17,24-25,28,30H,10-15,18-21,33H2,1-3H3,(H,34,38)/t24?,25?,28?,30-/m1/s1. The molecule has 1 saturated carbocycles. The van der Waals surface area contributed by atoms with E-state index in [1.807, 2.05) is 60.4 Å². The van der Waals surface area contributed by atoms with E-state index in [0.717, 1.165) is 49.1 Å². The monoisotopic (exact) mass is 548 g/mol. The minimum absolute atomic E-state index is 0.0800. The number of likely N-dealkylation sites (tertiary alicyclic amines) is 1. The summed E-state index contributed by atoms with van der Waals surface area (Å²) in [6, 6.07) is 14.5. The molecular weight excluding hydrogens is 504 g/mol. The van der Waals surface area contributed by atoms with Crippen molar-refractivity contribution in [3.63, 3.8) is 0 Å². The molecular formula is C32H44N4O4. The average molecular weight is 549 g/mol. The first kappa shape index (κ1) is 29.6. The molecule has 3 N–H and O–H groups in total. The summed E-state index contributed by atoms with van der Waals surface area (Å²) in [7, 11) is 1.62. The largest absolute Gasteiger partial charge is 0.497 e. The summed E-state index contributed by atoms with van der Waals surface area (Å²) in [5.74, 6) is 1.41. The molecule has 2 aliphatic rings. The van der Waals surface area contributed by atoms with Gasteiger partial charge in [0.15, 0.2) is 0 Å². The fraction of sp³-hybridized carbons (Fsp3) is 0.531. The molecule has 1 unspecified atom stereocenters. The van der Waals surface area contributed by atoms with Crippen molar-refractivity contribution in [2.24, 2.45) is 17.6 Å². The molecule has 8 nitrogen and oxygen atoms in total. The van der Waals surface area contributed by atoms with Crippen molar-refractivity contribution in [3.05, 3.63) is 65.2 Å². The van der Waals surface area contributed by atoms with Crippen molar-refractivity contribution in [1.29, 1.82) is 0 Å². The van der Waals surface area contributed by atoms with Gasteiger partial charge in [0.2, 0.25) is 11.8 Å². The Hall–Kier alpha value is -3.39. The lowest BCUT2D eigenvalue weighted by atomic mass is 9.82. The molecule has 40 heavy (non-hydrogen) atoms. The van der Waals surface area contributed by atoms with Crippen LogP contribution in [-0.4, -0.2) is 66.3 Å². The molecule has 1 saturated heterocycles. The second-order valence-corrected chi connectivity index (χ2v) is 11.4. The predicted octanol–water partition coefficient (Wildman–Crippen LogP) is 3.91. The van der Waals surface area contributed by atoms with Crippen molar-refractivity contribution >= 4 is 17.7 Å². The maximum absolute atomic E-state index is 13.9. The van der Waals surface area contributed by atoms with Crippen LogP contribution >= 0.6 is 0 Å². The van der Waals surface area contributed by atoms with Gasteiger partial charge in [-0.05, 0) is 93.7 Å². The summed E-state index contributed by atoms with van der Waals surface area (Å²) in [4.78, 5) is 43.6. The lowest BCUT2D eigenvalue weighted by Crippen LogP contribution is -2.58. The number of piperidine rings is 1. The summed E-state index contributed by atoms with van der Waals surface area (Å²) >= 11 is 0. The lowest BCUT2D eigenvalue weighted by molar-refractivity contribution is -0.142. The van der Waals surface area contributed by atoms with Gasteiger partial charge in [-0.2, -0.15) is 0 Å². The highest BCUT2D eigenvalue weighted by Crippen LogP contribution is 2.29. The molecule has 1 aliphatic heterocycles. The molecule has 216 valence electrons. The van der Waals surface area contributed by atoms with E-state index in [-0.39, 0.29) is 23.8 Å². The molecule has 0 bridgehead atoms. The van der Waals surface area contributed by atoms with E-state index in [2.05, 4.69) is 5.32 Å². The van der Waals surface area contributed by atoms with E-state index >= 15 is 0 Å². The van der Waals surface area contributed by atoms with Crippen LogP contribution in [0.25, 0.3) is 0 Å². The Morgan fingerprint density at radius 2 is 1.75 bits per heavy atom. The summed E-state index contributed by atoms with van der Waals surface area (Å²) in [5, 5.41) is 3.15. The number of amides is 3. The van der Waals surface area contributed by atoms with Gasteiger partial charge in [0, 0.05) is 38.2 Å². The number of methoxy groups -OCH3 is 1. The number of nitrogens with zero attached hydrogens (tertiary/aromatic N) is 2. The average Bonchev–Trinajstić information content (AvgIpc) is 2.98. The number of nitrogens with one attached hydrogen (secondary N) is 1. The zero-order valence-corrected chi connectivity index (χ0v) is 24.1. The molecule has 1 heterocycles. The first-order chi connectivity index (χ1) is 19.3. The van der Waals surface area contributed by atoms with Crippen molar-refractivity contribution in [2.45, 2.75) is 71.0 Å². The molecule has 0 aromatic heterocycles. The molecule has 2 aromatic rings. The predicted molar refractivity (Wildman–Crippen MR) is 156 cm³/mol. The Morgan fingerprint density at radius 1 is 1.02 bits per heavy atom. The smallest absolute Gasteiger partial charge is 0.254 e. The van der Waals surface area contributed by atoms with E-state index in [1.54, 1.807) is 12.0 Å². The highest BCUT2D eigenvalue weighted by atomic mass is 16.5. The van der Waals surface area contributed by atoms with Gasteiger partial charge in [0.25, 0.3) is 5.91 Å². The molecule has 8 heteroatoms. The number of carbonyl (C=O) groups is 3.